The highest BCUT2D eigenvalue weighted by Gasteiger charge is 2.37. The van der Waals surface area contributed by atoms with E-state index < -0.39 is 23.0 Å². The summed E-state index contributed by atoms with van der Waals surface area (Å²) in [6.45, 7) is 2.64. The predicted octanol–water partition coefficient (Wildman–Crippen LogP) is 3.01. The second-order valence-corrected chi connectivity index (χ2v) is 10.3. The SMILES string of the molecule is COc1cc(OC)cc(-c2nn(-c3cc(N4CC[C@H](NC(C)=O)C4)ccc3C(F)(F)F)c(=O)c3c2CCN3CCO)c1. The summed E-state index contributed by atoms with van der Waals surface area (Å²) in [7, 11) is 2.96. The standard InChI is InChI=1S/C29H32F3N5O5/c1-17(39)33-19-6-8-36(16-19)20-4-5-24(29(30,31)32)25(14-20)37-28(40)27-23(7-9-35(27)10-11-38)26(34-37)18-12-21(41-2)15-22(13-18)42-3/h4-5,12-15,19,38H,6-11,16H2,1-3H3,(H,33,39)/t19-/m0/s1. The normalized spacial score (nSPS) is 16.5. The molecule has 1 fully saturated rings. The minimum absolute atomic E-state index is 0.137. The molecule has 1 saturated heterocycles. The molecule has 1 atom stereocenters. The molecule has 1 amide bonds. The smallest absolute Gasteiger partial charge is 0.418 e. The Kier molecular flexibility index (Phi) is 8.04. The molecule has 0 saturated carbocycles. The van der Waals surface area contributed by atoms with E-state index in [-0.39, 0.29) is 30.8 Å². The number of aliphatic hydroxyl groups is 1. The predicted molar refractivity (Wildman–Crippen MR) is 151 cm³/mol. The fourth-order valence-electron chi connectivity index (χ4n) is 5.68. The quantitative estimate of drug-likeness (QED) is 0.414. The van der Waals surface area contributed by atoms with Gasteiger partial charge in [0.25, 0.3) is 5.56 Å². The Labute approximate surface area is 240 Å². The number of aromatic nitrogens is 2. The van der Waals surface area contributed by atoms with Gasteiger partial charge in [0.2, 0.25) is 5.91 Å². The van der Waals surface area contributed by atoms with Gasteiger partial charge >= 0.3 is 6.18 Å². The largest absolute Gasteiger partial charge is 0.497 e. The van der Waals surface area contributed by atoms with Gasteiger partial charge in [0.1, 0.15) is 17.2 Å². The molecule has 42 heavy (non-hydrogen) atoms. The summed E-state index contributed by atoms with van der Waals surface area (Å²) in [6, 6.07) is 8.53. The highest BCUT2D eigenvalue weighted by Crippen LogP contribution is 2.39. The average Bonchev–Trinajstić information content (AvgIpc) is 3.60. The number of amides is 1. The zero-order valence-electron chi connectivity index (χ0n) is 23.5. The van der Waals surface area contributed by atoms with E-state index in [0.717, 1.165) is 10.7 Å². The van der Waals surface area contributed by atoms with Gasteiger partial charge in [-0.25, -0.2) is 0 Å². The molecule has 2 N–H and O–H groups in total. The van der Waals surface area contributed by atoms with Crippen LogP contribution in [0.25, 0.3) is 16.9 Å². The van der Waals surface area contributed by atoms with E-state index in [4.69, 9.17) is 9.47 Å². The first-order valence-electron chi connectivity index (χ1n) is 13.5. The summed E-state index contributed by atoms with van der Waals surface area (Å²) in [6.07, 6.45) is -3.73. The van der Waals surface area contributed by atoms with Gasteiger partial charge < -0.3 is 29.7 Å². The molecule has 0 unspecified atom stereocenters. The van der Waals surface area contributed by atoms with Crippen LogP contribution in [0.5, 0.6) is 11.5 Å². The number of nitrogens with one attached hydrogen (secondary N) is 1. The zero-order chi connectivity index (χ0) is 30.2. The Morgan fingerprint density at radius 1 is 1.12 bits per heavy atom. The number of alkyl halides is 3. The summed E-state index contributed by atoms with van der Waals surface area (Å²) in [5.74, 6) is 0.713. The lowest BCUT2D eigenvalue weighted by Crippen LogP contribution is -2.35. The van der Waals surface area contributed by atoms with Crippen LogP contribution >= 0.6 is 0 Å². The monoisotopic (exact) mass is 587 g/mol. The minimum Gasteiger partial charge on any atom is -0.497 e. The lowest BCUT2D eigenvalue weighted by atomic mass is 10.0. The third-order valence-electron chi connectivity index (χ3n) is 7.59. The number of benzene rings is 2. The van der Waals surface area contributed by atoms with E-state index in [1.54, 1.807) is 23.1 Å². The summed E-state index contributed by atoms with van der Waals surface area (Å²) >= 11 is 0. The van der Waals surface area contributed by atoms with Crippen molar-refractivity contribution >= 4 is 17.3 Å². The van der Waals surface area contributed by atoms with Crippen molar-refractivity contribution in [1.82, 2.24) is 15.1 Å². The van der Waals surface area contributed by atoms with Crippen molar-refractivity contribution in [2.45, 2.75) is 32.0 Å². The van der Waals surface area contributed by atoms with Crippen LogP contribution in [0.15, 0.2) is 41.2 Å². The van der Waals surface area contributed by atoms with Crippen LogP contribution < -0.4 is 30.1 Å². The number of methoxy groups -OCH3 is 2. The fraction of sp³-hybridized carbons (Fsp3) is 0.414. The lowest BCUT2D eigenvalue weighted by molar-refractivity contribution is -0.137. The van der Waals surface area contributed by atoms with Gasteiger partial charge in [0.15, 0.2) is 0 Å². The van der Waals surface area contributed by atoms with Crippen molar-refractivity contribution in [3.63, 3.8) is 0 Å². The van der Waals surface area contributed by atoms with Gasteiger partial charge in [-0.2, -0.15) is 23.0 Å². The molecule has 2 aliphatic rings. The second-order valence-electron chi connectivity index (χ2n) is 10.3. The molecule has 3 aromatic rings. The van der Waals surface area contributed by atoms with Gasteiger partial charge in [0.05, 0.1) is 37.8 Å². The summed E-state index contributed by atoms with van der Waals surface area (Å²) in [5, 5.41) is 17.1. The van der Waals surface area contributed by atoms with Gasteiger partial charge in [-0.3, -0.25) is 9.59 Å². The first-order valence-corrected chi connectivity index (χ1v) is 13.5. The van der Waals surface area contributed by atoms with Crippen molar-refractivity contribution in [3.8, 4) is 28.4 Å². The van der Waals surface area contributed by atoms with Gasteiger partial charge in [0, 0.05) is 62.0 Å². The van der Waals surface area contributed by atoms with Gasteiger partial charge in [-0.15, -0.1) is 0 Å². The molecule has 13 heteroatoms. The maximum Gasteiger partial charge on any atom is 0.418 e. The number of β-amino-alcohol motifs (C(OH)–C–C–N with tert-alkyl or cyclic N) is 1. The molecule has 0 radical (unpaired) electrons. The molecule has 224 valence electrons. The van der Waals surface area contributed by atoms with E-state index in [0.29, 0.717) is 66.5 Å². The van der Waals surface area contributed by atoms with Crippen LogP contribution in [-0.2, 0) is 17.4 Å². The molecule has 1 aromatic heterocycles. The molecule has 10 nitrogen and oxygen atoms in total. The number of ether oxygens (including phenoxy) is 2. The van der Waals surface area contributed by atoms with Crippen molar-refractivity contribution in [1.29, 1.82) is 0 Å². The van der Waals surface area contributed by atoms with Crippen LogP contribution in [0.1, 0.15) is 24.5 Å². The minimum atomic E-state index is -4.78. The molecule has 2 aliphatic heterocycles. The first-order chi connectivity index (χ1) is 20.0. The van der Waals surface area contributed by atoms with Crippen LogP contribution in [0.4, 0.5) is 24.5 Å². The second kappa shape index (κ2) is 11.6. The Bertz CT molecular complexity index is 1540. The van der Waals surface area contributed by atoms with Crippen LogP contribution in [0, 0.1) is 0 Å². The third-order valence-corrected chi connectivity index (χ3v) is 7.59. The van der Waals surface area contributed by atoms with Crippen molar-refractivity contribution in [2.75, 3.05) is 56.8 Å². The molecule has 0 aliphatic carbocycles. The number of hydrogen-bond donors (Lipinski definition) is 2. The molecule has 5 rings (SSSR count). The highest BCUT2D eigenvalue weighted by molar-refractivity contribution is 5.75. The number of nitrogens with zero attached hydrogens (tertiary/aromatic N) is 4. The Balaban J connectivity index is 1.73. The Morgan fingerprint density at radius 3 is 2.45 bits per heavy atom. The van der Waals surface area contributed by atoms with Gasteiger partial charge in [-0.1, -0.05) is 0 Å². The Hall–Kier alpha value is -4.26. The van der Waals surface area contributed by atoms with E-state index in [1.807, 2.05) is 4.90 Å². The molecule has 0 bridgehead atoms. The first kappa shape index (κ1) is 29.2. The number of halogens is 3. The van der Waals surface area contributed by atoms with Crippen LogP contribution in [0.3, 0.4) is 0 Å². The number of aliphatic hydroxyl groups excluding tert-OH is 1. The third kappa shape index (κ3) is 5.60. The molecule has 2 aromatic carbocycles. The summed E-state index contributed by atoms with van der Waals surface area (Å²) in [5.41, 5.74) is -0.0885. The number of carbonyl (C=O) groups excluding carboxylic acids is 1. The maximum atomic E-state index is 14.4. The summed E-state index contributed by atoms with van der Waals surface area (Å²) < 4.78 is 54.8. The maximum absolute atomic E-state index is 14.4. The molecular weight excluding hydrogens is 555 g/mol. The van der Waals surface area contributed by atoms with E-state index in [1.165, 1.54) is 33.3 Å². The van der Waals surface area contributed by atoms with E-state index >= 15 is 0 Å². The van der Waals surface area contributed by atoms with Crippen molar-refractivity contribution < 1.29 is 32.5 Å². The molecule has 0 spiro atoms. The number of anilines is 2. The average molecular weight is 588 g/mol. The Morgan fingerprint density at radius 2 is 1.83 bits per heavy atom. The zero-order valence-corrected chi connectivity index (χ0v) is 23.5. The summed E-state index contributed by atoms with van der Waals surface area (Å²) in [4.78, 5) is 29.0. The van der Waals surface area contributed by atoms with E-state index in [9.17, 15) is 27.9 Å². The number of hydrogen-bond acceptors (Lipinski definition) is 8. The molecular formula is C29H32F3N5O5. The van der Waals surface area contributed by atoms with Crippen LogP contribution in [-0.4, -0.2) is 73.8 Å². The van der Waals surface area contributed by atoms with E-state index in [2.05, 4.69) is 10.4 Å². The number of rotatable bonds is 8. The highest BCUT2D eigenvalue weighted by atomic mass is 19.4. The fourth-order valence-corrected chi connectivity index (χ4v) is 5.68. The number of carbonyl (C=O) groups is 1. The van der Waals surface area contributed by atoms with Crippen LogP contribution in [0.2, 0.25) is 0 Å². The van der Waals surface area contributed by atoms with Gasteiger partial charge in [-0.05, 0) is 43.2 Å². The topological polar surface area (TPSA) is 109 Å². The van der Waals surface area contributed by atoms with Crippen molar-refractivity contribution in [2.24, 2.45) is 0 Å². The van der Waals surface area contributed by atoms with Crippen molar-refractivity contribution in [3.05, 3.63) is 57.9 Å². The molecule has 3 heterocycles. The lowest BCUT2D eigenvalue weighted by Gasteiger charge is -2.23. The number of fused-ring (bicyclic) bond motifs is 1.